The van der Waals surface area contributed by atoms with Crippen molar-refractivity contribution in [3.63, 3.8) is 0 Å². The minimum Gasteiger partial charge on any atom is -0.0654 e. The Bertz CT molecular complexity index is 241. The van der Waals surface area contributed by atoms with Crippen molar-refractivity contribution in [2.75, 3.05) is 0 Å². The normalized spacial score (nSPS) is 36.8. The highest BCUT2D eigenvalue weighted by Gasteiger charge is 2.26. The maximum absolute atomic E-state index is 2.47. The fraction of sp³-hybridized carbons (Fsp3) is 1.00. The van der Waals surface area contributed by atoms with Crippen molar-refractivity contribution in [2.45, 2.75) is 97.8 Å². The van der Waals surface area contributed by atoms with Crippen LogP contribution in [0.3, 0.4) is 0 Å². The van der Waals surface area contributed by atoms with Gasteiger partial charge in [0, 0.05) is 0 Å². The minimum absolute atomic E-state index is 0.974. The number of hydrogen-bond donors (Lipinski definition) is 0. The first kappa shape index (κ1) is 16.4. The molecule has 2 saturated carbocycles. The molecule has 0 aliphatic heterocycles. The Balaban J connectivity index is 1.61. The van der Waals surface area contributed by atoms with Crippen molar-refractivity contribution >= 4 is 0 Å². The predicted octanol–water partition coefficient (Wildman–Crippen LogP) is 6.84. The average Bonchev–Trinajstić information content (AvgIpc) is 2.44. The molecule has 2 fully saturated rings. The van der Waals surface area contributed by atoms with E-state index in [4.69, 9.17) is 0 Å². The lowest BCUT2D eigenvalue weighted by Gasteiger charge is -2.34. The molecule has 0 N–H and O–H groups in total. The van der Waals surface area contributed by atoms with Crippen LogP contribution in [-0.2, 0) is 0 Å². The summed E-state index contributed by atoms with van der Waals surface area (Å²) < 4.78 is 0. The molecule has 2 aliphatic carbocycles. The van der Waals surface area contributed by atoms with Gasteiger partial charge in [-0.25, -0.2) is 0 Å². The van der Waals surface area contributed by atoms with Gasteiger partial charge in [0.1, 0.15) is 0 Å². The summed E-state index contributed by atoms with van der Waals surface area (Å²) in [6, 6.07) is 0. The van der Waals surface area contributed by atoms with Gasteiger partial charge in [-0.15, -0.1) is 0 Å². The maximum Gasteiger partial charge on any atom is -0.0411 e. The van der Waals surface area contributed by atoms with Crippen LogP contribution < -0.4 is 0 Å². The van der Waals surface area contributed by atoms with Crippen LogP contribution in [-0.4, -0.2) is 0 Å². The molecule has 0 radical (unpaired) electrons. The van der Waals surface area contributed by atoms with Crippen LogP contribution >= 0.6 is 0 Å². The summed E-state index contributed by atoms with van der Waals surface area (Å²) in [5.41, 5.74) is 0. The number of hydrogen-bond acceptors (Lipinski definition) is 0. The Hall–Kier alpha value is 0. The van der Waals surface area contributed by atoms with Crippen molar-refractivity contribution < 1.29 is 0 Å². The van der Waals surface area contributed by atoms with Crippen LogP contribution in [0.15, 0.2) is 0 Å². The molecule has 0 heterocycles. The van der Waals surface area contributed by atoms with E-state index < -0.39 is 0 Å². The van der Waals surface area contributed by atoms with Crippen molar-refractivity contribution in [1.82, 2.24) is 0 Å². The van der Waals surface area contributed by atoms with E-state index in [0.717, 1.165) is 29.6 Å². The van der Waals surface area contributed by atoms with Crippen molar-refractivity contribution in [3.05, 3.63) is 0 Å². The van der Waals surface area contributed by atoms with Gasteiger partial charge in [-0.05, 0) is 42.4 Å². The van der Waals surface area contributed by atoms with Gasteiger partial charge < -0.3 is 0 Å². The van der Waals surface area contributed by atoms with Crippen LogP contribution in [0.1, 0.15) is 97.8 Å². The zero-order valence-electron chi connectivity index (χ0n) is 14.4. The topological polar surface area (TPSA) is 0 Å². The van der Waals surface area contributed by atoms with Gasteiger partial charge in [0.25, 0.3) is 0 Å². The largest absolute Gasteiger partial charge is 0.0654 e. The molecular formula is C20H38. The van der Waals surface area contributed by atoms with Crippen LogP contribution in [0.4, 0.5) is 0 Å². The van der Waals surface area contributed by atoms with Gasteiger partial charge in [0.15, 0.2) is 0 Å². The van der Waals surface area contributed by atoms with Gasteiger partial charge in [0.05, 0.1) is 0 Å². The summed E-state index contributed by atoms with van der Waals surface area (Å²) in [7, 11) is 0. The molecular weight excluding hydrogens is 240 g/mol. The van der Waals surface area contributed by atoms with E-state index in [-0.39, 0.29) is 0 Å². The summed E-state index contributed by atoms with van der Waals surface area (Å²) in [5, 5.41) is 0. The summed E-state index contributed by atoms with van der Waals surface area (Å²) in [6.45, 7) is 7.25. The molecule has 0 aromatic carbocycles. The molecule has 1 atom stereocenters. The van der Waals surface area contributed by atoms with E-state index in [0.29, 0.717) is 0 Å². The third-order valence-electron chi connectivity index (χ3n) is 6.29. The SMILES string of the molecule is CCC[C@@H](C)CC1CCC(CC2CCC(C)CC2)CC1. The molecule has 0 amide bonds. The molecule has 2 aliphatic rings. The Labute approximate surface area is 128 Å². The third-order valence-corrected chi connectivity index (χ3v) is 6.29. The lowest BCUT2D eigenvalue weighted by atomic mass is 9.72. The first-order valence-corrected chi connectivity index (χ1v) is 9.67. The second-order valence-electron chi connectivity index (χ2n) is 8.38. The van der Waals surface area contributed by atoms with Gasteiger partial charge in [-0.1, -0.05) is 85.0 Å². The zero-order valence-corrected chi connectivity index (χ0v) is 14.4. The van der Waals surface area contributed by atoms with Gasteiger partial charge in [-0.3, -0.25) is 0 Å². The molecule has 0 aromatic rings. The quantitative estimate of drug-likeness (QED) is 0.499. The smallest absolute Gasteiger partial charge is 0.0411 e. The maximum atomic E-state index is 2.47. The molecule has 0 unspecified atom stereocenters. The predicted molar refractivity (Wildman–Crippen MR) is 89.9 cm³/mol. The van der Waals surface area contributed by atoms with Gasteiger partial charge in [-0.2, -0.15) is 0 Å². The molecule has 0 bridgehead atoms. The molecule has 0 heteroatoms. The van der Waals surface area contributed by atoms with E-state index >= 15 is 0 Å². The fourth-order valence-corrected chi connectivity index (χ4v) is 4.92. The third kappa shape index (κ3) is 5.41. The molecule has 0 aromatic heterocycles. The number of rotatable bonds is 6. The lowest BCUT2D eigenvalue weighted by Crippen LogP contribution is -2.21. The second-order valence-corrected chi connectivity index (χ2v) is 8.38. The molecule has 0 saturated heterocycles. The molecule has 2 rings (SSSR count). The van der Waals surface area contributed by atoms with Crippen LogP contribution in [0.25, 0.3) is 0 Å². The first-order chi connectivity index (χ1) is 9.67. The van der Waals surface area contributed by atoms with Crippen LogP contribution in [0.5, 0.6) is 0 Å². The van der Waals surface area contributed by atoms with E-state index in [2.05, 4.69) is 20.8 Å². The summed E-state index contributed by atoms with van der Waals surface area (Å²) >= 11 is 0. The monoisotopic (exact) mass is 278 g/mol. The zero-order chi connectivity index (χ0) is 14.4. The molecule has 0 nitrogen and oxygen atoms in total. The van der Waals surface area contributed by atoms with E-state index in [1.165, 1.54) is 44.9 Å². The highest BCUT2D eigenvalue weighted by atomic mass is 14.3. The fourth-order valence-electron chi connectivity index (χ4n) is 4.92. The highest BCUT2D eigenvalue weighted by Crippen LogP contribution is 2.39. The van der Waals surface area contributed by atoms with Gasteiger partial charge in [0.2, 0.25) is 0 Å². The summed E-state index contributed by atoms with van der Waals surface area (Å²) in [6.07, 6.45) is 18.2. The van der Waals surface area contributed by atoms with Crippen LogP contribution in [0.2, 0.25) is 0 Å². The van der Waals surface area contributed by atoms with Crippen molar-refractivity contribution in [1.29, 1.82) is 0 Å². The van der Waals surface area contributed by atoms with E-state index in [1.807, 2.05) is 0 Å². The Morgan fingerprint density at radius 1 is 0.800 bits per heavy atom. The average molecular weight is 279 g/mol. The van der Waals surface area contributed by atoms with Crippen molar-refractivity contribution in [3.8, 4) is 0 Å². The molecule has 118 valence electrons. The van der Waals surface area contributed by atoms with Gasteiger partial charge >= 0.3 is 0 Å². The standard InChI is InChI=1S/C20H38/c1-4-5-17(3)14-18-10-12-20(13-11-18)15-19-8-6-16(2)7-9-19/h16-20H,4-15H2,1-3H3/t16?,17-,18?,19?,20?/m1/s1. The van der Waals surface area contributed by atoms with Crippen molar-refractivity contribution in [2.24, 2.45) is 29.6 Å². The first-order valence-electron chi connectivity index (χ1n) is 9.67. The minimum atomic E-state index is 0.974. The molecule has 20 heavy (non-hydrogen) atoms. The molecule has 0 spiro atoms. The Morgan fingerprint density at radius 2 is 1.30 bits per heavy atom. The summed E-state index contributed by atoms with van der Waals surface area (Å²) in [4.78, 5) is 0. The van der Waals surface area contributed by atoms with Crippen LogP contribution in [0, 0.1) is 29.6 Å². The Morgan fingerprint density at radius 3 is 1.85 bits per heavy atom. The summed E-state index contributed by atoms with van der Waals surface area (Å²) in [5.74, 6) is 5.24. The highest BCUT2D eigenvalue weighted by molar-refractivity contribution is 4.78. The lowest BCUT2D eigenvalue weighted by molar-refractivity contribution is 0.183. The Kier molecular flexibility index (Phi) is 6.91. The van der Waals surface area contributed by atoms with E-state index in [9.17, 15) is 0 Å². The van der Waals surface area contributed by atoms with E-state index in [1.54, 1.807) is 32.1 Å². The second kappa shape index (κ2) is 8.44.